The molecule has 15 heavy (non-hydrogen) atoms. The van der Waals surface area contributed by atoms with Crippen LogP contribution in [0.1, 0.15) is 19.4 Å². The molecule has 0 saturated heterocycles. The van der Waals surface area contributed by atoms with Gasteiger partial charge in [0.15, 0.2) is 5.82 Å². The fourth-order valence-electron chi connectivity index (χ4n) is 1.08. The number of nitrogens with one attached hydrogen (secondary N) is 2. The van der Waals surface area contributed by atoms with E-state index in [0.717, 1.165) is 0 Å². The molecule has 0 saturated carbocycles. The highest BCUT2D eigenvalue weighted by Crippen LogP contribution is 2.12. The monoisotopic (exact) mass is 228 g/mol. The first-order valence-electron chi connectivity index (χ1n) is 4.38. The van der Waals surface area contributed by atoms with E-state index < -0.39 is 10.0 Å². The van der Waals surface area contributed by atoms with Gasteiger partial charge in [-0.25, -0.2) is 8.42 Å². The molecule has 0 bridgehead atoms. The van der Waals surface area contributed by atoms with Crippen molar-refractivity contribution in [1.82, 2.24) is 10.2 Å². The summed E-state index contributed by atoms with van der Waals surface area (Å²) in [6.45, 7) is 3.61. The first kappa shape index (κ1) is 11.5. The van der Waals surface area contributed by atoms with Crippen LogP contribution < -0.4 is 4.72 Å². The minimum absolute atomic E-state index is 0.0108. The van der Waals surface area contributed by atoms with Crippen molar-refractivity contribution in [2.75, 3.05) is 10.5 Å². The van der Waals surface area contributed by atoms with Gasteiger partial charge in [-0.05, 0) is 5.92 Å². The quantitative estimate of drug-likeness (QED) is 0.791. The first-order valence-corrected chi connectivity index (χ1v) is 6.04. The van der Waals surface area contributed by atoms with Crippen LogP contribution in [0.4, 0.5) is 5.82 Å². The molecule has 2 N–H and O–H groups in total. The normalized spacial score (nSPS) is 11.3. The lowest BCUT2D eigenvalue weighted by Gasteiger charge is -2.07. The molecule has 6 nitrogen and oxygen atoms in total. The molecular weight excluding hydrogens is 216 g/mol. The summed E-state index contributed by atoms with van der Waals surface area (Å²) in [5, 5.41) is 14.6. The number of nitriles is 1. The van der Waals surface area contributed by atoms with Crippen molar-refractivity contribution in [3.8, 4) is 6.07 Å². The Morgan fingerprint density at radius 3 is 2.87 bits per heavy atom. The fraction of sp³-hybridized carbons (Fsp3) is 0.500. The molecule has 0 atom stereocenters. The van der Waals surface area contributed by atoms with Gasteiger partial charge in [0.1, 0.15) is 11.6 Å². The van der Waals surface area contributed by atoms with Crippen LogP contribution >= 0.6 is 0 Å². The van der Waals surface area contributed by atoms with Gasteiger partial charge in [-0.15, -0.1) is 0 Å². The van der Waals surface area contributed by atoms with E-state index >= 15 is 0 Å². The van der Waals surface area contributed by atoms with Crippen LogP contribution in [0.3, 0.4) is 0 Å². The van der Waals surface area contributed by atoms with Crippen LogP contribution in [0.25, 0.3) is 0 Å². The van der Waals surface area contributed by atoms with E-state index in [4.69, 9.17) is 5.26 Å². The third-order valence-corrected chi connectivity index (χ3v) is 3.19. The lowest BCUT2D eigenvalue weighted by Crippen LogP contribution is -2.20. The van der Waals surface area contributed by atoms with Gasteiger partial charge in [-0.1, -0.05) is 13.8 Å². The van der Waals surface area contributed by atoms with Gasteiger partial charge in [0.05, 0.1) is 11.9 Å². The Morgan fingerprint density at radius 1 is 1.67 bits per heavy atom. The smallest absolute Gasteiger partial charge is 0.234 e. The highest BCUT2D eigenvalue weighted by Gasteiger charge is 2.15. The number of rotatable bonds is 4. The molecule has 0 aliphatic rings. The molecule has 1 heterocycles. The summed E-state index contributed by atoms with van der Waals surface area (Å²) >= 11 is 0. The van der Waals surface area contributed by atoms with Crippen molar-refractivity contribution < 1.29 is 8.42 Å². The number of aromatic amines is 1. The van der Waals surface area contributed by atoms with Crippen LogP contribution in [0.2, 0.25) is 0 Å². The Bertz CT molecular complexity index is 469. The minimum Gasteiger partial charge on any atom is -0.267 e. The summed E-state index contributed by atoms with van der Waals surface area (Å²) in [5.74, 6) is 0.158. The Balaban J connectivity index is 2.83. The van der Waals surface area contributed by atoms with Gasteiger partial charge in [0, 0.05) is 0 Å². The summed E-state index contributed by atoms with van der Waals surface area (Å²) < 4.78 is 25.3. The van der Waals surface area contributed by atoms with Crippen molar-refractivity contribution in [2.45, 2.75) is 13.8 Å². The molecule has 82 valence electrons. The SMILES string of the molecule is CC(C)CS(=O)(=O)Nc1[nH]ncc1C#N. The molecule has 0 aliphatic carbocycles. The molecule has 0 amide bonds. The van der Waals surface area contributed by atoms with Crippen molar-refractivity contribution in [3.63, 3.8) is 0 Å². The molecular formula is C8H12N4O2S. The highest BCUT2D eigenvalue weighted by molar-refractivity contribution is 7.92. The number of hydrogen-bond acceptors (Lipinski definition) is 4. The maximum absolute atomic E-state index is 11.5. The van der Waals surface area contributed by atoms with E-state index in [2.05, 4.69) is 14.9 Å². The number of anilines is 1. The predicted octanol–water partition coefficient (Wildman–Crippen LogP) is 0.679. The summed E-state index contributed by atoms with van der Waals surface area (Å²) in [6.07, 6.45) is 1.27. The molecule has 7 heteroatoms. The van der Waals surface area contributed by atoms with Crippen molar-refractivity contribution in [2.24, 2.45) is 5.92 Å². The van der Waals surface area contributed by atoms with Gasteiger partial charge < -0.3 is 0 Å². The van der Waals surface area contributed by atoms with Crippen molar-refractivity contribution in [3.05, 3.63) is 11.8 Å². The zero-order valence-corrected chi connectivity index (χ0v) is 9.30. The Morgan fingerprint density at radius 2 is 2.33 bits per heavy atom. The Kier molecular flexibility index (Phi) is 3.31. The molecule has 0 spiro atoms. The fourth-order valence-corrected chi connectivity index (χ4v) is 2.51. The van der Waals surface area contributed by atoms with Crippen LogP contribution in [0.5, 0.6) is 0 Å². The molecule has 0 aliphatic heterocycles. The third-order valence-electron chi connectivity index (χ3n) is 1.57. The van der Waals surface area contributed by atoms with Gasteiger partial charge in [-0.3, -0.25) is 9.82 Å². The second kappa shape index (κ2) is 4.31. The first-order chi connectivity index (χ1) is 6.94. The molecule has 0 unspecified atom stereocenters. The molecule has 0 fully saturated rings. The van der Waals surface area contributed by atoms with Gasteiger partial charge >= 0.3 is 0 Å². The zero-order chi connectivity index (χ0) is 11.5. The summed E-state index contributed by atoms with van der Waals surface area (Å²) in [6, 6.07) is 1.83. The molecule has 1 rings (SSSR count). The van der Waals surface area contributed by atoms with Crippen molar-refractivity contribution in [1.29, 1.82) is 5.26 Å². The van der Waals surface area contributed by atoms with E-state index in [0.29, 0.717) is 0 Å². The third kappa shape index (κ3) is 3.25. The lowest BCUT2D eigenvalue weighted by molar-refractivity contribution is 0.587. The largest absolute Gasteiger partial charge is 0.267 e. The molecule has 0 radical (unpaired) electrons. The average Bonchev–Trinajstić information content (AvgIpc) is 2.48. The maximum Gasteiger partial charge on any atom is 0.234 e. The van der Waals surface area contributed by atoms with E-state index in [1.807, 2.05) is 6.07 Å². The average molecular weight is 228 g/mol. The lowest BCUT2D eigenvalue weighted by atomic mass is 10.3. The topological polar surface area (TPSA) is 98.6 Å². The molecule has 1 aromatic rings. The minimum atomic E-state index is -3.41. The van der Waals surface area contributed by atoms with E-state index in [1.54, 1.807) is 13.8 Å². The van der Waals surface area contributed by atoms with Crippen LogP contribution in [-0.4, -0.2) is 24.4 Å². The number of sulfonamides is 1. The molecule has 1 aromatic heterocycles. The van der Waals surface area contributed by atoms with Crippen LogP contribution in [0.15, 0.2) is 6.20 Å². The highest BCUT2D eigenvalue weighted by atomic mass is 32.2. The van der Waals surface area contributed by atoms with Gasteiger partial charge in [0.25, 0.3) is 0 Å². The van der Waals surface area contributed by atoms with Crippen molar-refractivity contribution >= 4 is 15.8 Å². The van der Waals surface area contributed by atoms with E-state index in [9.17, 15) is 8.42 Å². The second-order valence-electron chi connectivity index (χ2n) is 3.55. The Hall–Kier alpha value is -1.55. The standard InChI is InChI=1S/C8H12N4O2S/c1-6(2)5-15(13,14)12-8-7(3-9)4-10-11-8/h4,6H,5H2,1-2H3,(H2,10,11,12). The summed E-state index contributed by atoms with van der Waals surface area (Å²) in [7, 11) is -3.41. The number of aromatic nitrogens is 2. The summed E-state index contributed by atoms with van der Waals surface area (Å²) in [4.78, 5) is 0. The van der Waals surface area contributed by atoms with Gasteiger partial charge in [0.2, 0.25) is 10.0 Å². The maximum atomic E-state index is 11.5. The van der Waals surface area contributed by atoms with E-state index in [-0.39, 0.29) is 23.1 Å². The molecule has 0 aromatic carbocycles. The number of nitrogens with zero attached hydrogens (tertiary/aromatic N) is 2. The zero-order valence-electron chi connectivity index (χ0n) is 8.48. The Labute approximate surface area is 88.4 Å². The summed E-state index contributed by atoms with van der Waals surface area (Å²) in [5.41, 5.74) is 0.183. The number of H-pyrrole nitrogens is 1. The predicted molar refractivity (Wildman–Crippen MR) is 55.6 cm³/mol. The van der Waals surface area contributed by atoms with E-state index in [1.165, 1.54) is 6.20 Å². The number of hydrogen-bond donors (Lipinski definition) is 2. The second-order valence-corrected chi connectivity index (χ2v) is 5.31. The van der Waals surface area contributed by atoms with Crippen LogP contribution in [-0.2, 0) is 10.0 Å². The van der Waals surface area contributed by atoms with Crippen LogP contribution in [0, 0.1) is 17.2 Å². The van der Waals surface area contributed by atoms with Gasteiger partial charge in [-0.2, -0.15) is 10.4 Å².